The normalized spacial score (nSPS) is 12.8. The third-order valence-electron chi connectivity index (χ3n) is 4.38. The highest BCUT2D eigenvalue weighted by Gasteiger charge is 2.33. The monoisotopic (exact) mass is 352 g/mol. The number of amides is 1. The number of unbranched alkanes of at least 4 members (excludes halogenated alkanes) is 1. The van der Waals surface area contributed by atoms with Gasteiger partial charge in [0, 0.05) is 12.1 Å². The number of nitrogens with two attached hydrogens (primary N) is 2. The van der Waals surface area contributed by atoms with Crippen LogP contribution in [0.25, 0.3) is 0 Å². The molecule has 0 radical (unpaired) electrons. The zero-order valence-corrected chi connectivity index (χ0v) is 14.2. The number of carbonyl (C=O) groups excluding carboxylic acids is 1. The van der Waals surface area contributed by atoms with Crippen molar-refractivity contribution in [2.75, 3.05) is 0 Å². The molecule has 0 fully saturated rings. The standard InChI is InChI=1S/C19H20N4O3/c20-13-15-5-3-6-16(12-15)19(22,18(21)24)11-2-1-4-14-7-9-17(10-8-14)23(25)26/h3,5-10,12H,1-2,4,11,22H2,(H2,21,24). The molecule has 0 bridgehead atoms. The van der Waals surface area contributed by atoms with E-state index in [-0.39, 0.29) is 5.69 Å². The maximum absolute atomic E-state index is 11.9. The van der Waals surface area contributed by atoms with Crippen LogP contribution in [-0.4, -0.2) is 10.8 Å². The van der Waals surface area contributed by atoms with Crippen LogP contribution in [0.3, 0.4) is 0 Å². The molecule has 2 aromatic carbocycles. The molecule has 0 saturated carbocycles. The molecule has 1 atom stereocenters. The van der Waals surface area contributed by atoms with Crippen molar-refractivity contribution in [2.45, 2.75) is 31.2 Å². The predicted octanol–water partition coefficient (Wildman–Crippen LogP) is 2.52. The van der Waals surface area contributed by atoms with Crippen LogP contribution in [0.2, 0.25) is 0 Å². The van der Waals surface area contributed by atoms with E-state index in [1.807, 2.05) is 6.07 Å². The van der Waals surface area contributed by atoms with Crippen molar-refractivity contribution in [1.29, 1.82) is 5.26 Å². The van der Waals surface area contributed by atoms with Crippen molar-refractivity contribution in [3.8, 4) is 6.07 Å². The van der Waals surface area contributed by atoms with Crippen LogP contribution in [0.15, 0.2) is 48.5 Å². The zero-order chi connectivity index (χ0) is 19.2. The largest absolute Gasteiger partial charge is 0.368 e. The number of carbonyl (C=O) groups is 1. The van der Waals surface area contributed by atoms with Crippen LogP contribution in [0.1, 0.15) is 36.0 Å². The van der Waals surface area contributed by atoms with E-state index in [4.69, 9.17) is 16.7 Å². The summed E-state index contributed by atoms with van der Waals surface area (Å²) in [6, 6.07) is 15.0. The smallest absolute Gasteiger partial charge is 0.269 e. The van der Waals surface area contributed by atoms with Crippen LogP contribution in [0.5, 0.6) is 0 Å². The lowest BCUT2D eigenvalue weighted by Crippen LogP contribution is -2.49. The first-order valence-corrected chi connectivity index (χ1v) is 8.19. The quantitative estimate of drug-likeness (QED) is 0.427. The second kappa shape index (κ2) is 8.23. The Morgan fingerprint density at radius 1 is 1.19 bits per heavy atom. The minimum absolute atomic E-state index is 0.0563. The van der Waals surface area contributed by atoms with Gasteiger partial charge >= 0.3 is 0 Å². The van der Waals surface area contributed by atoms with Gasteiger partial charge in [-0.1, -0.05) is 30.7 Å². The molecule has 1 unspecified atom stereocenters. The van der Waals surface area contributed by atoms with Crippen molar-refractivity contribution >= 4 is 11.6 Å². The summed E-state index contributed by atoms with van der Waals surface area (Å²) < 4.78 is 0. The number of aryl methyl sites for hydroxylation is 1. The maximum atomic E-state index is 11.9. The minimum atomic E-state index is -1.33. The van der Waals surface area contributed by atoms with Crippen molar-refractivity contribution in [1.82, 2.24) is 0 Å². The van der Waals surface area contributed by atoms with Crippen LogP contribution >= 0.6 is 0 Å². The summed E-state index contributed by atoms with van der Waals surface area (Å²) in [6.45, 7) is 0. The number of hydrogen-bond donors (Lipinski definition) is 2. The van der Waals surface area contributed by atoms with E-state index < -0.39 is 16.4 Å². The lowest BCUT2D eigenvalue weighted by Gasteiger charge is -2.26. The number of nitrogens with zero attached hydrogens (tertiary/aromatic N) is 2. The molecule has 26 heavy (non-hydrogen) atoms. The predicted molar refractivity (Wildman–Crippen MR) is 96.9 cm³/mol. The summed E-state index contributed by atoms with van der Waals surface area (Å²) in [4.78, 5) is 22.2. The lowest BCUT2D eigenvalue weighted by atomic mass is 9.84. The summed E-state index contributed by atoms with van der Waals surface area (Å²) in [7, 11) is 0. The highest BCUT2D eigenvalue weighted by molar-refractivity contribution is 5.86. The molecular formula is C19H20N4O3. The highest BCUT2D eigenvalue weighted by Crippen LogP contribution is 2.26. The number of nitro groups is 1. The molecular weight excluding hydrogens is 332 g/mol. The fourth-order valence-electron chi connectivity index (χ4n) is 2.79. The number of non-ortho nitro benzene ring substituents is 1. The van der Waals surface area contributed by atoms with Gasteiger partial charge in [0.1, 0.15) is 5.54 Å². The first kappa shape index (κ1) is 19.1. The number of primary amides is 1. The number of benzene rings is 2. The first-order chi connectivity index (χ1) is 12.4. The van der Waals surface area contributed by atoms with Crippen molar-refractivity contribution in [2.24, 2.45) is 11.5 Å². The van der Waals surface area contributed by atoms with Gasteiger partial charge in [-0.25, -0.2) is 0 Å². The van der Waals surface area contributed by atoms with E-state index in [0.29, 0.717) is 30.4 Å². The summed E-state index contributed by atoms with van der Waals surface area (Å²) in [5.41, 5.74) is 12.4. The molecule has 2 rings (SSSR count). The number of hydrogen-bond acceptors (Lipinski definition) is 5. The SMILES string of the molecule is N#Cc1cccc(C(N)(CCCCc2ccc([N+](=O)[O-])cc2)C(N)=O)c1. The van der Waals surface area contributed by atoms with Crippen LogP contribution < -0.4 is 11.5 Å². The molecule has 134 valence electrons. The number of nitro benzene ring substituents is 1. The Morgan fingerprint density at radius 2 is 1.88 bits per heavy atom. The van der Waals surface area contributed by atoms with Gasteiger partial charge < -0.3 is 11.5 Å². The average Bonchev–Trinajstić information content (AvgIpc) is 2.65. The molecule has 0 heterocycles. The van der Waals surface area contributed by atoms with Crippen LogP contribution in [-0.2, 0) is 16.8 Å². The summed E-state index contributed by atoms with van der Waals surface area (Å²) in [5.74, 6) is -0.636. The minimum Gasteiger partial charge on any atom is -0.368 e. The molecule has 0 aromatic heterocycles. The Labute approximate surface area is 151 Å². The first-order valence-electron chi connectivity index (χ1n) is 8.19. The molecule has 7 heteroatoms. The third-order valence-corrected chi connectivity index (χ3v) is 4.38. The molecule has 0 saturated heterocycles. The van der Waals surface area contributed by atoms with E-state index in [1.54, 1.807) is 36.4 Å². The lowest BCUT2D eigenvalue weighted by molar-refractivity contribution is -0.384. The highest BCUT2D eigenvalue weighted by atomic mass is 16.6. The van der Waals surface area contributed by atoms with Crippen molar-refractivity contribution in [3.05, 3.63) is 75.3 Å². The Bertz CT molecular complexity index is 843. The Kier molecular flexibility index (Phi) is 6.04. The van der Waals surface area contributed by atoms with Crippen molar-refractivity contribution < 1.29 is 9.72 Å². The van der Waals surface area contributed by atoms with E-state index >= 15 is 0 Å². The van der Waals surface area contributed by atoms with Gasteiger partial charge in [-0.2, -0.15) is 5.26 Å². The van der Waals surface area contributed by atoms with Gasteiger partial charge in [0.05, 0.1) is 16.6 Å². The van der Waals surface area contributed by atoms with Gasteiger partial charge in [-0.05, 0) is 42.5 Å². The van der Waals surface area contributed by atoms with Crippen LogP contribution in [0, 0.1) is 21.4 Å². The fourth-order valence-corrected chi connectivity index (χ4v) is 2.79. The molecule has 7 nitrogen and oxygen atoms in total. The van der Waals surface area contributed by atoms with Gasteiger partial charge in [0.15, 0.2) is 0 Å². The van der Waals surface area contributed by atoms with Gasteiger partial charge in [0.2, 0.25) is 5.91 Å². The van der Waals surface area contributed by atoms with E-state index in [0.717, 1.165) is 12.0 Å². The summed E-state index contributed by atoms with van der Waals surface area (Å²) in [6.07, 6.45) is 2.46. The number of rotatable bonds is 8. The van der Waals surface area contributed by atoms with Crippen LogP contribution in [0.4, 0.5) is 5.69 Å². The third kappa shape index (κ3) is 4.43. The molecule has 0 aliphatic heterocycles. The van der Waals surface area contributed by atoms with Gasteiger partial charge in [0.25, 0.3) is 5.69 Å². The summed E-state index contributed by atoms with van der Waals surface area (Å²) in [5, 5.41) is 19.7. The second-order valence-corrected chi connectivity index (χ2v) is 6.16. The molecule has 0 aliphatic carbocycles. The topological polar surface area (TPSA) is 136 Å². The Hall–Kier alpha value is -3.24. The number of nitriles is 1. The van der Waals surface area contributed by atoms with E-state index in [1.165, 1.54) is 12.1 Å². The van der Waals surface area contributed by atoms with E-state index in [2.05, 4.69) is 0 Å². The molecule has 4 N–H and O–H groups in total. The molecule has 2 aromatic rings. The average molecular weight is 352 g/mol. The molecule has 1 amide bonds. The van der Waals surface area contributed by atoms with Gasteiger partial charge in [-0.15, -0.1) is 0 Å². The molecule has 0 aliphatic rings. The zero-order valence-electron chi connectivity index (χ0n) is 14.2. The van der Waals surface area contributed by atoms with E-state index in [9.17, 15) is 14.9 Å². The molecule has 0 spiro atoms. The second-order valence-electron chi connectivity index (χ2n) is 6.16. The van der Waals surface area contributed by atoms with Crippen molar-refractivity contribution in [3.63, 3.8) is 0 Å². The Balaban J connectivity index is 1.99. The van der Waals surface area contributed by atoms with Gasteiger partial charge in [-0.3, -0.25) is 14.9 Å². The fraction of sp³-hybridized carbons (Fsp3) is 0.263. The maximum Gasteiger partial charge on any atom is 0.269 e. The Morgan fingerprint density at radius 3 is 2.46 bits per heavy atom. The summed E-state index contributed by atoms with van der Waals surface area (Å²) >= 11 is 0.